The van der Waals surface area contributed by atoms with Gasteiger partial charge in [0.15, 0.2) is 0 Å². The minimum atomic E-state index is -0.874. The number of piperidine rings is 1. The van der Waals surface area contributed by atoms with Crippen molar-refractivity contribution in [3.63, 3.8) is 0 Å². The van der Waals surface area contributed by atoms with E-state index in [1.54, 1.807) is 12.1 Å². The summed E-state index contributed by atoms with van der Waals surface area (Å²) in [6.45, 7) is 2.94. The third-order valence-electron chi connectivity index (χ3n) is 3.09. The van der Waals surface area contributed by atoms with E-state index in [0.29, 0.717) is 11.6 Å². The zero-order valence-corrected chi connectivity index (χ0v) is 9.78. The van der Waals surface area contributed by atoms with Gasteiger partial charge in [-0.05, 0) is 37.1 Å². The second-order valence-electron chi connectivity index (χ2n) is 4.43. The van der Waals surface area contributed by atoms with E-state index in [1.165, 1.54) is 12.8 Å². The summed E-state index contributed by atoms with van der Waals surface area (Å²) in [4.78, 5) is 10.7. The van der Waals surface area contributed by atoms with E-state index in [9.17, 15) is 4.79 Å². The van der Waals surface area contributed by atoms with E-state index in [0.717, 1.165) is 25.2 Å². The van der Waals surface area contributed by atoms with Crippen LogP contribution in [-0.2, 0) is 6.54 Å². The molecule has 17 heavy (non-hydrogen) atoms. The van der Waals surface area contributed by atoms with Gasteiger partial charge in [0.25, 0.3) is 0 Å². The van der Waals surface area contributed by atoms with Gasteiger partial charge in [0, 0.05) is 19.1 Å². The van der Waals surface area contributed by atoms with Gasteiger partial charge in [-0.25, -0.2) is 4.79 Å². The number of nitrogens with one attached hydrogen (secondary N) is 2. The lowest BCUT2D eigenvalue weighted by molar-refractivity contribution is 0.0697. The number of benzene rings is 1. The molecule has 0 bridgehead atoms. The molecule has 1 heterocycles. The topological polar surface area (TPSA) is 61.4 Å². The van der Waals surface area contributed by atoms with Crippen molar-refractivity contribution in [1.82, 2.24) is 10.6 Å². The van der Waals surface area contributed by atoms with Crippen molar-refractivity contribution in [2.45, 2.75) is 25.4 Å². The Morgan fingerprint density at radius 3 is 2.76 bits per heavy atom. The Balaban J connectivity index is 1.84. The van der Waals surface area contributed by atoms with Crippen LogP contribution in [0.4, 0.5) is 0 Å². The largest absolute Gasteiger partial charge is 0.478 e. The van der Waals surface area contributed by atoms with E-state index in [4.69, 9.17) is 5.11 Å². The zero-order chi connectivity index (χ0) is 12.1. The van der Waals surface area contributed by atoms with Crippen molar-refractivity contribution >= 4 is 5.97 Å². The van der Waals surface area contributed by atoms with Gasteiger partial charge >= 0.3 is 5.97 Å². The van der Waals surface area contributed by atoms with Crippen molar-refractivity contribution in [2.24, 2.45) is 0 Å². The first-order chi connectivity index (χ1) is 8.25. The lowest BCUT2D eigenvalue weighted by Gasteiger charge is -2.23. The van der Waals surface area contributed by atoms with Crippen LogP contribution in [-0.4, -0.2) is 30.2 Å². The quantitative estimate of drug-likeness (QED) is 0.733. The molecule has 1 fully saturated rings. The van der Waals surface area contributed by atoms with E-state index < -0.39 is 5.97 Å². The van der Waals surface area contributed by atoms with Crippen molar-refractivity contribution in [2.75, 3.05) is 13.1 Å². The van der Waals surface area contributed by atoms with Crippen LogP contribution in [0.25, 0.3) is 0 Å². The highest BCUT2D eigenvalue weighted by Crippen LogP contribution is 2.06. The Morgan fingerprint density at radius 2 is 2.18 bits per heavy atom. The van der Waals surface area contributed by atoms with Crippen LogP contribution < -0.4 is 10.6 Å². The van der Waals surface area contributed by atoms with Gasteiger partial charge in [-0.3, -0.25) is 0 Å². The van der Waals surface area contributed by atoms with E-state index in [1.807, 2.05) is 12.1 Å². The highest BCUT2D eigenvalue weighted by atomic mass is 16.4. The summed E-state index contributed by atoms with van der Waals surface area (Å²) in [6.07, 6.45) is 2.43. The Hall–Kier alpha value is -1.39. The average Bonchev–Trinajstić information content (AvgIpc) is 2.38. The molecule has 92 valence electrons. The van der Waals surface area contributed by atoms with Crippen molar-refractivity contribution in [1.29, 1.82) is 0 Å². The Kier molecular flexibility index (Phi) is 4.12. The average molecular weight is 234 g/mol. The Labute approximate surface area is 101 Å². The van der Waals surface area contributed by atoms with Crippen molar-refractivity contribution in [3.05, 3.63) is 35.4 Å². The second kappa shape index (κ2) is 5.80. The zero-order valence-electron chi connectivity index (χ0n) is 9.78. The van der Waals surface area contributed by atoms with Crippen molar-refractivity contribution in [3.8, 4) is 0 Å². The molecule has 0 amide bonds. The molecule has 1 atom stereocenters. The number of hydrogen-bond acceptors (Lipinski definition) is 3. The molecule has 0 spiro atoms. The Morgan fingerprint density at radius 1 is 1.41 bits per heavy atom. The molecule has 1 unspecified atom stereocenters. The molecule has 4 heteroatoms. The molecule has 1 aromatic carbocycles. The molecule has 0 saturated carbocycles. The highest BCUT2D eigenvalue weighted by molar-refractivity contribution is 5.87. The molecule has 1 aliphatic heterocycles. The number of carboxylic acid groups (broad SMARTS) is 1. The van der Waals surface area contributed by atoms with Gasteiger partial charge < -0.3 is 15.7 Å². The lowest BCUT2D eigenvalue weighted by Crippen LogP contribution is -2.42. The summed E-state index contributed by atoms with van der Waals surface area (Å²) in [6, 6.07) is 7.57. The molecule has 1 aromatic rings. The lowest BCUT2D eigenvalue weighted by atomic mass is 10.1. The third-order valence-corrected chi connectivity index (χ3v) is 3.09. The minimum absolute atomic E-state index is 0.341. The summed E-state index contributed by atoms with van der Waals surface area (Å²) >= 11 is 0. The first-order valence-corrected chi connectivity index (χ1v) is 6.02. The molecule has 1 aliphatic rings. The molecule has 4 nitrogen and oxygen atoms in total. The fourth-order valence-corrected chi connectivity index (χ4v) is 2.05. The summed E-state index contributed by atoms with van der Waals surface area (Å²) in [7, 11) is 0. The summed E-state index contributed by atoms with van der Waals surface area (Å²) in [5.41, 5.74) is 1.47. The summed E-state index contributed by atoms with van der Waals surface area (Å²) in [5, 5.41) is 15.6. The van der Waals surface area contributed by atoms with Crippen LogP contribution in [0.5, 0.6) is 0 Å². The summed E-state index contributed by atoms with van der Waals surface area (Å²) in [5.74, 6) is -0.874. The van der Waals surface area contributed by atoms with Crippen LogP contribution in [0, 0.1) is 0 Å². The van der Waals surface area contributed by atoms with E-state index >= 15 is 0 Å². The SMILES string of the molecule is O=C(O)c1ccc(CNC2CCCNC2)cc1. The number of carbonyl (C=O) groups is 1. The fourth-order valence-electron chi connectivity index (χ4n) is 2.05. The normalized spacial score (nSPS) is 20.1. The smallest absolute Gasteiger partial charge is 0.335 e. The molecule has 1 saturated heterocycles. The molecule has 0 radical (unpaired) electrons. The van der Waals surface area contributed by atoms with Gasteiger partial charge in [0.05, 0.1) is 5.56 Å². The number of hydrogen-bond donors (Lipinski definition) is 3. The van der Waals surface area contributed by atoms with Gasteiger partial charge in [0.1, 0.15) is 0 Å². The molecule has 0 aliphatic carbocycles. The van der Waals surface area contributed by atoms with Gasteiger partial charge in [-0.2, -0.15) is 0 Å². The fraction of sp³-hybridized carbons (Fsp3) is 0.462. The molecule has 0 aromatic heterocycles. The number of carboxylic acids is 1. The van der Waals surface area contributed by atoms with Crippen LogP contribution >= 0.6 is 0 Å². The predicted molar refractivity (Wildman–Crippen MR) is 66.1 cm³/mol. The Bertz CT molecular complexity index is 370. The first-order valence-electron chi connectivity index (χ1n) is 6.02. The number of rotatable bonds is 4. The second-order valence-corrected chi connectivity index (χ2v) is 4.43. The number of aromatic carboxylic acids is 1. The molecular formula is C13H18N2O2. The molecule has 2 rings (SSSR count). The van der Waals surface area contributed by atoms with E-state index in [-0.39, 0.29) is 0 Å². The van der Waals surface area contributed by atoms with Crippen molar-refractivity contribution < 1.29 is 9.90 Å². The predicted octanol–water partition coefficient (Wildman–Crippen LogP) is 1.23. The van der Waals surface area contributed by atoms with Crippen LogP contribution in [0.1, 0.15) is 28.8 Å². The molecule has 3 N–H and O–H groups in total. The van der Waals surface area contributed by atoms with Gasteiger partial charge in [-0.15, -0.1) is 0 Å². The van der Waals surface area contributed by atoms with Crippen LogP contribution in [0.2, 0.25) is 0 Å². The monoisotopic (exact) mass is 234 g/mol. The minimum Gasteiger partial charge on any atom is -0.478 e. The molecular weight excluding hydrogens is 216 g/mol. The van der Waals surface area contributed by atoms with Crippen LogP contribution in [0.3, 0.4) is 0 Å². The summed E-state index contributed by atoms with van der Waals surface area (Å²) < 4.78 is 0. The maximum Gasteiger partial charge on any atom is 0.335 e. The van der Waals surface area contributed by atoms with E-state index in [2.05, 4.69) is 10.6 Å². The van der Waals surface area contributed by atoms with Gasteiger partial charge in [-0.1, -0.05) is 12.1 Å². The third kappa shape index (κ3) is 3.54. The van der Waals surface area contributed by atoms with Gasteiger partial charge in [0.2, 0.25) is 0 Å². The maximum absolute atomic E-state index is 10.7. The first kappa shape index (κ1) is 12.1. The standard InChI is InChI=1S/C13H18N2O2/c16-13(17)11-5-3-10(4-6-11)8-15-12-2-1-7-14-9-12/h3-6,12,14-15H,1-2,7-9H2,(H,16,17). The maximum atomic E-state index is 10.7. The van der Waals surface area contributed by atoms with Crippen LogP contribution in [0.15, 0.2) is 24.3 Å². The highest BCUT2D eigenvalue weighted by Gasteiger charge is 2.11.